The molecule has 1 fully saturated rings. The normalized spacial score (nSPS) is 18.5. The Balaban J connectivity index is 1.72. The summed E-state index contributed by atoms with van der Waals surface area (Å²) in [5.74, 6) is -1.13. The maximum absolute atomic E-state index is 13.1. The van der Waals surface area contributed by atoms with Gasteiger partial charge >= 0.3 is 0 Å². The molecule has 0 bridgehead atoms. The third-order valence-electron chi connectivity index (χ3n) is 4.30. The molecule has 1 N–H and O–H groups in total. The molecule has 1 unspecified atom stereocenters. The zero-order valence-electron chi connectivity index (χ0n) is 13.9. The van der Waals surface area contributed by atoms with E-state index in [4.69, 9.17) is 0 Å². The second-order valence-electron chi connectivity index (χ2n) is 6.16. The van der Waals surface area contributed by atoms with Gasteiger partial charge in [-0.2, -0.15) is 4.31 Å². The summed E-state index contributed by atoms with van der Waals surface area (Å²) < 4.78 is 40.7. The molecule has 1 amide bonds. The van der Waals surface area contributed by atoms with E-state index in [1.807, 2.05) is 12.1 Å². The topological polar surface area (TPSA) is 66.5 Å². The number of anilines is 1. The van der Waals surface area contributed by atoms with E-state index in [9.17, 15) is 17.6 Å². The largest absolute Gasteiger partial charge is 0.326 e. The maximum Gasteiger partial charge on any atom is 0.243 e. The number of carbonyl (C=O) groups is 1. The molecule has 2 aromatic carbocycles. The van der Waals surface area contributed by atoms with E-state index in [1.54, 1.807) is 12.1 Å². The van der Waals surface area contributed by atoms with Crippen molar-refractivity contribution < 1.29 is 17.6 Å². The molecule has 8 heteroatoms. The molecule has 5 nitrogen and oxygen atoms in total. The molecular formula is C18H18BrFN2O3S. The molecule has 1 heterocycles. The highest BCUT2D eigenvalue weighted by Gasteiger charge is 2.33. The fourth-order valence-corrected chi connectivity index (χ4v) is 4.86. The number of nitrogens with one attached hydrogen (secondary N) is 1. The third kappa shape index (κ3) is 4.31. The van der Waals surface area contributed by atoms with Crippen LogP contribution < -0.4 is 5.32 Å². The van der Waals surface area contributed by atoms with Crippen LogP contribution in [-0.4, -0.2) is 31.7 Å². The highest BCUT2D eigenvalue weighted by Crippen LogP contribution is 2.25. The first kappa shape index (κ1) is 19.0. The fourth-order valence-electron chi connectivity index (χ4n) is 2.94. The van der Waals surface area contributed by atoms with Crippen LogP contribution in [-0.2, 0) is 14.8 Å². The molecule has 0 spiro atoms. The van der Waals surface area contributed by atoms with E-state index in [0.29, 0.717) is 25.1 Å². The summed E-state index contributed by atoms with van der Waals surface area (Å²) in [7, 11) is -3.75. The number of hydrogen-bond donors (Lipinski definition) is 1. The van der Waals surface area contributed by atoms with Crippen LogP contribution in [0.5, 0.6) is 0 Å². The van der Waals surface area contributed by atoms with E-state index in [1.165, 1.54) is 16.4 Å². The van der Waals surface area contributed by atoms with Gasteiger partial charge in [0.1, 0.15) is 5.82 Å². The summed E-state index contributed by atoms with van der Waals surface area (Å²) >= 11 is 3.35. The van der Waals surface area contributed by atoms with Gasteiger partial charge < -0.3 is 5.32 Å². The Morgan fingerprint density at radius 3 is 2.62 bits per heavy atom. The van der Waals surface area contributed by atoms with E-state index in [0.717, 1.165) is 16.6 Å². The summed E-state index contributed by atoms with van der Waals surface area (Å²) in [6.07, 6.45) is 1.21. The quantitative estimate of drug-likeness (QED) is 0.788. The molecule has 1 saturated heterocycles. The zero-order chi connectivity index (χ0) is 18.7. The van der Waals surface area contributed by atoms with Crippen LogP contribution in [0.1, 0.15) is 12.8 Å². The lowest BCUT2D eigenvalue weighted by Crippen LogP contribution is -2.43. The Hall–Kier alpha value is -1.77. The lowest BCUT2D eigenvalue weighted by Gasteiger charge is -2.31. The monoisotopic (exact) mass is 440 g/mol. The van der Waals surface area contributed by atoms with Gasteiger partial charge in [0.25, 0.3) is 0 Å². The summed E-state index contributed by atoms with van der Waals surface area (Å²) in [5.41, 5.74) is 0.655. The number of hydrogen-bond acceptors (Lipinski definition) is 3. The van der Waals surface area contributed by atoms with Crippen LogP contribution in [0.4, 0.5) is 10.1 Å². The van der Waals surface area contributed by atoms with Crippen molar-refractivity contribution >= 4 is 37.5 Å². The van der Waals surface area contributed by atoms with Gasteiger partial charge in [-0.05, 0) is 55.3 Å². The molecule has 0 radical (unpaired) electrons. The van der Waals surface area contributed by atoms with Crippen LogP contribution >= 0.6 is 15.9 Å². The minimum absolute atomic E-state index is 0.0342. The fraction of sp³-hybridized carbons (Fsp3) is 0.278. The van der Waals surface area contributed by atoms with Crippen molar-refractivity contribution in [3.8, 4) is 0 Å². The van der Waals surface area contributed by atoms with E-state index in [-0.39, 0.29) is 17.3 Å². The summed E-state index contributed by atoms with van der Waals surface area (Å²) in [6, 6.07) is 12.0. The minimum atomic E-state index is -3.75. The average molecular weight is 441 g/mol. The van der Waals surface area contributed by atoms with Crippen LogP contribution in [0.25, 0.3) is 0 Å². The van der Waals surface area contributed by atoms with Crippen LogP contribution in [0.15, 0.2) is 57.9 Å². The first-order valence-corrected chi connectivity index (χ1v) is 10.4. The summed E-state index contributed by atoms with van der Waals surface area (Å²) in [6.45, 7) is 0.458. The molecule has 2 aromatic rings. The standard InChI is InChI=1S/C18H18BrFN2O3S/c19-14-4-1-5-16(11-14)21-18(23)13-3-2-10-22(12-13)26(24,25)17-8-6-15(20)7-9-17/h1,4-9,11,13H,2-3,10,12H2,(H,21,23). The predicted octanol–water partition coefficient (Wildman–Crippen LogP) is 3.63. The second-order valence-corrected chi connectivity index (χ2v) is 9.01. The third-order valence-corrected chi connectivity index (χ3v) is 6.67. The number of nitrogens with zero attached hydrogens (tertiary/aromatic N) is 1. The van der Waals surface area contributed by atoms with E-state index in [2.05, 4.69) is 21.2 Å². The predicted molar refractivity (Wildman–Crippen MR) is 101 cm³/mol. The molecule has 1 aliphatic rings. The molecular weight excluding hydrogens is 423 g/mol. The Labute approximate surface area is 160 Å². The minimum Gasteiger partial charge on any atom is -0.326 e. The SMILES string of the molecule is O=C(Nc1cccc(Br)c1)C1CCCN(S(=O)(=O)c2ccc(F)cc2)C1. The maximum atomic E-state index is 13.1. The van der Waals surface area contributed by atoms with Gasteiger partial charge in [-0.3, -0.25) is 4.79 Å². The van der Waals surface area contributed by atoms with Crippen molar-refractivity contribution in [3.05, 3.63) is 58.8 Å². The molecule has 1 aliphatic heterocycles. The van der Waals surface area contributed by atoms with Crippen LogP contribution in [0.2, 0.25) is 0 Å². The van der Waals surface area contributed by atoms with Gasteiger partial charge in [0, 0.05) is 23.2 Å². The number of rotatable bonds is 4. The molecule has 1 atom stereocenters. The number of carbonyl (C=O) groups excluding carboxylic acids is 1. The molecule has 0 aromatic heterocycles. The highest BCUT2D eigenvalue weighted by molar-refractivity contribution is 9.10. The van der Waals surface area contributed by atoms with Gasteiger partial charge in [-0.15, -0.1) is 0 Å². The first-order chi connectivity index (χ1) is 12.4. The van der Waals surface area contributed by atoms with Crippen LogP contribution in [0, 0.1) is 11.7 Å². The second kappa shape index (κ2) is 7.85. The van der Waals surface area contributed by atoms with Crippen molar-refractivity contribution in [3.63, 3.8) is 0 Å². The van der Waals surface area contributed by atoms with Gasteiger partial charge in [0.2, 0.25) is 15.9 Å². The molecule has 0 aliphatic carbocycles. The summed E-state index contributed by atoms with van der Waals surface area (Å²) in [5, 5.41) is 2.83. The van der Waals surface area contributed by atoms with Crippen molar-refractivity contribution in [1.82, 2.24) is 4.31 Å². The van der Waals surface area contributed by atoms with Gasteiger partial charge in [0.15, 0.2) is 0 Å². The average Bonchev–Trinajstić information content (AvgIpc) is 2.62. The van der Waals surface area contributed by atoms with Crippen molar-refractivity contribution in [1.29, 1.82) is 0 Å². The molecule has 0 saturated carbocycles. The van der Waals surface area contributed by atoms with Gasteiger partial charge in [0.05, 0.1) is 10.8 Å². The summed E-state index contributed by atoms with van der Waals surface area (Å²) in [4.78, 5) is 12.6. The Morgan fingerprint density at radius 2 is 1.92 bits per heavy atom. The van der Waals surface area contributed by atoms with Crippen LogP contribution in [0.3, 0.4) is 0 Å². The lowest BCUT2D eigenvalue weighted by atomic mass is 9.99. The number of sulfonamides is 1. The van der Waals surface area contributed by atoms with E-state index < -0.39 is 21.8 Å². The Bertz CT molecular complexity index is 903. The number of piperidine rings is 1. The molecule has 3 rings (SSSR count). The van der Waals surface area contributed by atoms with Crippen molar-refractivity contribution in [2.75, 3.05) is 18.4 Å². The number of amides is 1. The molecule has 138 valence electrons. The van der Waals surface area contributed by atoms with Crippen molar-refractivity contribution in [2.24, 2.45) is 5.92 Å². The van der Waals surface area contributed by atoms with Gasteiger partial charge in [-0.25, -0.2) is 12.8 Å². The Kier molecular flexibility index (Phi) is 5.74. The molecule has 26 heavy (non-hydrogen) atoms. The number of benzene rings is 2. The van der Waals surface area contributed by atoms with Crippen molar-refractivity contribution in [2.45, 2.75) is 17.7 Å². The Morgan fingerprint density at radius 1 is 1.19 bits per heavy atom. The lowest BCUT2D eigenvalue weighted by molar-refractivity contribution is -0.120. The zero-order valence-corrected chi connectivity index (χ0v) is 16.3. The highest BCUT2D eigenvalue weighted by atomic mass is 79.9. The first-order valence-electron chi connectivity index (χ1n) is 8.18. The van der Waals surface area contributed by atoms with E-state index >= 15 is 0 Å². The van der Waals surface area contributed by atoms with Gasteiger partial charge in [-0.1, -0.05) is 22.0 Å². The number of halogens is 2. The smallest absolute Gasteiger partial charge is 0.243 e.